The first-order chi connectivity index (χ1) is 14.9. The van der Waals surface area contributed by atoms with Gasteiger partial charge in [0.2, 0.25) is 15.9 Å². The molecule has 1 fully saturated rings. The van der Waals surface area contributed by atoms with Crippen molar-refractivity contribution >= 4 is 44.3 Å². The lowest BCUT2D eigenvalue weighted by Crippen LogP contribution is -2.40. The molecule has 2 aromatic carbocycles. The number of amides is 1. The minimum Gasteiger partial charge on any atom is -0.379 e. The Morgan fingerprint density at radius 2 is 1.94 bits per heavy atom. The van der Waals surface area contributed by atoms with Crippen LogP contribution in [0.1, 0.15) is 5.56 Å². The summed E-state index contributed by atoms with van der Waals surface area (Å²) in [6.45, 7) is 3.18. The van der Waals surface area contributed by atoms with E-state index < -0.39 is 10.0 Å². The highest BCUT2D eigenvalue weighted by molar-refractivity contribution is 8.00. The zero-order valence-electron chi connectivity index (χ0n) is 17.1. The first-order valence-corrected chi connectivity index (χ1v) is 12.3. The van der Waals surface area contributed by atoms with Crippen LogP contribution in [0.15, 0.2) is 64.5 Å². The maximum atomic E-state index is 13.0. The molecule has 7 nitrogen and oxygen atoms in total. The second kappa shape index (κ2) is 9.35. The van der Waals surface area contributed by atoms with Crippen LogP contribution in [-0.2, 0) is 19.6 Å². The third-order valence-electron chi connectivity index (χ3n) is 5.03. The van der Waals surface area contributed by atoms with Gasteiger partial charge >= 0.3 is 0 Å². The molecule has 1 aliphatic rings. The Balaban J connectivity index is 1.47. The third kappa shape index (κ3) is 4.90. The largest absolute Gasteiger partial charge is 0.379 e. The summed E-state index contributed by atoms with van der Waals surface area (Å²) in [5.74, 6) is -0.00238. The number of rotatable bonds is 6. The summed E-state index contributed by atoms with van der Waals surface area (Å²) >= 11 is 1.42. The van der Waals surface area contributed by atoms with Gasteiger partial charge in [-0.3, -0.25) is 9.78 Å². The fraction of sp³-hybridized carbons (Fsp3) is 0.273. The van der Waals surface area contributed by atoms with Crippen molar-refractivity contribution in [2.24, 2.45) is 0 Å². The quantitative estimate of drug-likeness (QED) is 0.572. The number of anilines is 1. The molecule has 31 heavy (non-hydrogen) atoms. The van der Waals surface area contributed by atoms with Crippen LogP contribution in [-0.4, -0.2) is 55.7 Å². The molecule has 9 heteroatoms. The van der Waals surface area contributed by atoms with Gasteiger partial charge in [-0.05, 0) is 36.8 Å². The van der Waals surface area contributed by atoms with E-state index in [1.54, 1.807) is 25.3 Å². The number of morpholine rings is 1. The molecule has 162 valence electrons. The van der Waals surface area contributed by atoms with Gasteiger partial charge in [0.1, 0.15) is 0 Å². The molecule has 1 aliphatic heterocycles. The summed E-state index contributed by atoms with van der Waals surface area (Å²) in [4.78, 5) is 18.1. The number of fused-ring (bicyclic) bond motifs is 1. The van der Waals surface area contributed by atoms with E-state index >= 15 is 0 Å². The zero-order valence-corrected chi connectivity index (χ0v) is 18.7. The van der Waals surface area contributed by atoms with E-state index in [1.807, 2.05) is 30.3 Å². The van der Waals surface area contributed by atoms with Gasteiger partial charge in [-0.15, -0.1) is 11.8 Å². The summed E-state index contributed by atoms with van der Waals surface area (Å²) in [7, 11) is -3.64. The molecule has 0 radical (unpaired) electrons. The maximum Gasteiger partial charge on any atom is 0.243 e. The third-order valence-corrected chi connectivity index (χ3v) is 8.14. The predicted octanol–water partition coefficient (Wildman–Crippen LogP) is 3.29. The molecule has 0 aliphatic carbocycles. The second-order valence-electron chi connectivity index (χ2n) is 7.16. The van der Waals surface area contributed by atoms with Crippen LogP contribution in [0.5, 0.6) is 0 Å². The van der Waals surface area contributed by atoms with Crippen molar-refractivity contribution in [2.75, 3.05) is 37.4 Å². The lowest BCUT2D eigenvalue weighted by atomic mass is 10.2. The summed E-state index contributed by atoms with van der Waals surface area (Å²) in [5, 5.41) is 3.82. The van der Waals surface area contributed by atoms with Crippen LogP contribution >= 0.6 is 11.8 Å². The predicted molar refractivity (Wildman–Crippen MR) is 122 cm³/mol. The molecule has 1 N–H and O–H groups in total. The number of ether oxygens (including phenoxy) is 1. The molecule has 0 spiro atoms. The molecule has 2 heterocycles. The number of sulfonamides is 1. The van der Waals surface area contributed by atoms with Gasteiger partial charge in [-0.25, -0.2) is 8.42 Å². The van der Waals surface area contributed by atoms with Gasteiger partial charge in [0.05, 0.1) is 29.4 Å². The number of nitrogens with one attached hydrogen (secondary N) is 1. The van der Waals surface area contributed by atoms with Gasteiger partial charge in [-0.1, -0.05) is 24.3 Å². The molecule has 0 unspecified atom stereocenters. The van der Waals surface area contributed by atoms with Crippen molar-refractivity contribution in [2.45, 2.75) is 16.7 Å². The Labute approximate surface area is 185 Å². The standard InChI is InChI=1S/C22H23N3O4S2/c1-16-6-7-17(14-21(16)31(27,28)25-10-12-29-13-11-25)24-22(26)15-30-20-8-9-23-19-5-3-2-4-18(19)20/h2-9,14H,10-13,15H2,1H3,(H,24,26). The number of hydrogen-bond donors (Lipinski definition) is 1. The highest BCUT2D eigenvalue weighted by atomic mass is 32.2. The van der Waals surface area contributed by atoms with E-state index in [-0.39, 0.29) is 16.6 Å². The SMILES string of the molecule is Cc1ccc(NC(=O)CSc2ccnc3ccccc23)cc1S(=O)(=O)N1CCOCC1. The number of carbonyl (C=O) groups is 1. The summed E-state index contributed by atoms with van der Waals surface area (Å²) in [5.41, 5.74) is 1.98. The van der Waals surface area contributed by atoms with Gasteiger partial charge in [-0.2, -0.15) is 4.31 Å². The van der Waals surface area contributed by atoms with Crippen LogP contribution < -0.4 is 5.32 Å². The van der Waals surface area contributed by atoms with Crippen LogP contribution in [0.25, 0.3) is 10.9 Å². The minimum atomic E-state index is -3.64. The van der Waals surface area contributed by atoms with E-state index in [9.17, 15) is 13.2 Å². The Morgan fingerprint density at radius 1 is 1.16 bits per heavy atom. The Hall–Kier alpha value is -2.46. The van der Waals surface area contributed by atoms with Crippen LogP contribution in [0.2, 0.25) is 0 Å². The molecule has 0 atom stereocenters. The number of aromatic nitrogens is 1. The highest BCUT2D eigenvalue weighted by Gasteiger charge is 2.28. The van der Waals surface area contributed by atoms with E-state index in [2.05, 4.69) is 10.3 Å². The van der Waals surface area contributed by atoms with E-state index in [1.165, 1.54) is 22.1 Å². The highest BCUT2D eigenvalue weighted by Crippen LogP contribution is 2.27. The van der Waals surface area contributed by atoms with E-state index in [4.69, 9.17) is 4.74 Å². The smallest absolute Gasteiger partial charge is 0.243 e. The number of carbonyl (C=O) groups excluding carboxylic acids is 1. The number of aryl methyl sites for hydroxylation is 1. The van der Waals surface area contributed by atoms with Crippen molar-refractivity contribution in [3.8, 4) is 0 Å². The molecule has 0 bridgehead atoms. The number of nitrogens with zero attached hydrogens (tertiary/aromatic N) is 2. The molecule has 4 rings (SSSR count). The number of pyridine rings is 1. The van der Waals surface area contributed by atoms with Gasteiger partial charge in [0.25, 0.3) is 0 Å². The molecule has 3 aromatic rings. The van der Waals surface area contributed by atoms with Crippen molar-refractivity contribution in [3.05, 3.63) is 60.3 Å². The first kappa shape index (κ1) is 21.8. The molecular weight excluding hydrogens is 434 g/mol. The molecule has 1 aromatic heterocycles. The van der Waals surface area contributed by atoms with Crippen molar-refractivity contribution < 1.29 is 17.9 Å². The molecular formula is C22H23N3O4S2. The number of benzene rings is 2. The molecule has 0 saturated carbocycles. The van der Waals surface area contributed by atoms with E-state index in [0.717, 1.165) is 15.8 Å². The monoisotopic (exact) mass is 457 g/mol. The lowest BCUT2D eigenvalue weighted by Gasteiger charge is -2.26. The topological polar surface area (TPSA) is 88.6 Å². The summed E-state index contributed by atoms with van der Waals surface area (Å²) < 4.78 is 32.7. The van der Waals surface area contributed by atoms with Crippen LogP contribution in [0.3, 0.4) is 0 Å². The number of para-hydroxylation sites is 1. The summed E-state index contributed by atoms with van der Waals surface area (Å²) in [6, 6.07) is 14.6. The fourth-order valence-corrected chi connectivity index (χ4v) is 5.92. The van der Waals surface area contributed by atoms with Crippen LogP contribution in [0.4, 0.5) is 5.69 Å². The molecule has 1 saturated heterocycles. The van der Waals surface area contributed by atoms with Gasteiger partial charge < -0.3 is 10.1 Å². The maximum absolute atomic E-state index is 13.0. The zero-order chi connectivity index (χ0) is 21.8. The number of thioether (sulfide) groups is 1. The minimum absolute atomic E-state index is 0.202. The molecule has 1 amide bonds. The van der Waals surface area contributed by atoms with Gasteiger partial charge in [0.15, 0.2) is 0 Å². The summed E-state index contributed by atoms with van der Waals surface area (Å²) in [6.07, 6.45) is 1.73. The normalized spacial score (nSPS) is 15.1. The fourth-order valence-electron chi connectivity index (χ4n) is 3.42. The van der Waals surface area contributed by atoms with Crippen molar-refractivity contribution in [3.63, 3.8) is 0 Å². The van der Waals surface area contributed by atoms with E-state index in [0.29, 0.717) is 37.6 Å². The Morgan fingerprint density at radius 3 is 2.74 bits per heavy atom. The van der Waals surface area contributed by atoms with Crippen molar-refractivity contribution in [1.29, 1.82) is 0 Å². The van der Waals surface area contributed by atoms with Crippen molar-refractivity contribution in [1.82, 2.24) is 9.29 Å². The lowest BCUT2D eigenvalue weighted by molar-refractivity contribution is -0.113. The number of hydrogen-bond acceptors (Lipinski definition) is 6. The van der Waals surface area contributed by atoms with Crippen LogP contribution in [0, 0.1) is 6.92 Å². The first-order valence-electron chi connectivity index (χ1n) is 9.90. The average Bonchev–Trinajstić information content (AvgIpc) is 2.79. The van der Waals surface area contributed by atoms with Gasteiger partial charge in [0, 0.05) is 35.3 Å². The Kier molecular flexibility index (Phi) is 6.57. The average molecular weight is 458 g/mol. The second-order valence-corrected chi connectivity index (χ2v) is 10.1. The Bertz CT molecular complexity index is 1200.